The molecule has 3 atom stereocenters. The minimum absolute atomic E-state index is 0.00517. The fraction of sp³-hybridized carbons (Fsp3) is 0.333. The average Bonchev–Trinajstić information content (AvgIpc) is 3.39. The van der Waals surface area contributed by atoms with Crippen LogP contribution in [0, 0.1) is 6.92 Å². The summed E-state index contributed by atoms with van der Waals surface area (Å²) < 4.78 is 28.2. The lowest BCUT2D eigenvalue weighted by atomic mass is 10.1. The number of hydrogen-bond acceptors (Lipinski definition) is 10. The predicted octanol–water partition coefficient (Wildman–Crippen LogP) is 4.65. The molecule has 0 fully saturated rings. The van der Waals surface area contributed by atoms with Gasteiger partial charge in [0.1, 0.15) is 28.7 Å². The number of aromatic nitrogens is 6. The number of anilines is 1. The van der Waals surface area contributed by atoms with Crippen LogP contribution in [0.1, 0.15) is 31.3 Å². The average molecular weight is 552 g/mol. The Kier molecular flexibility index (Phi) is 9.10. The lowest BCUT2D eigenvalue weighted by Gasteiger charge is -2.27. The van der Waals surface area contributed by atoms with Crippen LogP contribution in [0.2, 0.25) is 0 Å². The van der Waals surface area contributed by atoms with Gasteiger partial charge in [0.05, 0.1) is 27.4 Å². The van der Waals surface area contributed by atoms with Crippen LogP contribution >= 0.6 is 10.7 Å². The lowest BCUT2D eigenvalue weighted by molar-refractivity contribution is 0.104. The van der Waals surface area contributed by atoms with Crippen molar-refractivity contribution < 1.29 is 18.9 Å². The summed E-state index contributed by atoms with van der Waals surface area (Å²) in [6.07, 6.45) is 3.35. The van der Waals surface area contributed by atoms with Gasteiger partial charge in [0, 0.05) is 36.4 Å². The molecule has 206 valence electrons. The van der Waals surface area contributed by atoms with Crippen LogP contribution < -0.4 is 18.9 Å². The molecule has 4 aromatic rings. The summed E-state index contributed by atoms with van der Waals surface area (Å²) in [6.45, 7) is 5.97. The molecule has 11 nitrogen and oxygen atoms in total. The van der Waals surface area contributed by atoms with E-state index in [-0.39, 0.29) is 11.4 Å². The molecule has 0 aliphatic rings. The number of para-hydroxylation sites is 1. The Morgan fingerprint density at radius 3 is 2.18 bits per heavy atom. The number of methoxy groups -OCH3 is 4. The Hall–Kier alpha value is -4.03. The summed E-state index contributed by atoms with van der Waals surface area (Å²) in [4.78, 5) is 13.3. The fourth-order valence-corrected chi connectivity index (χ4v) is 5.80. The van der Waals surface area contributed by atoms with Gasteiger partial charge in [0.25, 0.3) is 0 Å². The molecule has 4 rings (SSSR count). The Morgan fingerprint density at radius 2 is 1.59 bits per heavy atom. The number of pyridine rings is 1. The Balaban J connectivity index is 1.83. The van der Waals surface area contributed by atoms with Crippen LogP contribution in [-0.2, 0) is 4.74 Å². The number of hydrogen-bond donors (Lipinski definition) is 1. The summed E-state index contributed by atoms with van der Waals surface area (Å²) in [6, 6.07) is 11.1. The second kappa shape index (κ2) is 12.7. The second-order valence-corrected chi connectivity index (χ2v) is 10.6. The summed E-state index contributed by atoms with van der Waals surface area (Å²) >= 11 is 0. The number of ether oxygens (including phenoxy) is 4. The zero-order valence-electron chi connectivity index (χ0n) is 23.1. The number of benzene rings is 1. The van der Waals surface area contributed by atoms with E-state index in [9.17, 15) is 0 Å². The number of aryl methyl sites for hydroxylation is 1. The number of nitrogens with zero attached hydrogens (tertiary/aromatic N) is 6. The van der Waals surface area contributed by atoms with Crippen LogP contribution in [0.15, 0.2) is 48.8 Å². The molecule has 3 aromatic heterocycles. The van der Waals surface area contributed by atoms with E-state index in [1.54, 1.807) is 46.9 Å². The lowest BCUT2D eigenvalue weighted by Crippen LogP contribution is -2.20. The van der Waals surface area contributed by atoms with E-state index in [4.69, 9.17) is 18.9 Å². The molecule has 0 spiro atoms. The zero-order chi connectivity index (χ0) is 27.9. The molecule has 0 aliphatic carbocycles. The van der Waals surface area contributed by atoms with Gasteiger partial charge in [-0.25, -0.2) is 15.0 Å². The first-order valence-corrected chi connectivity index (χ1v) is 13.6. The molecule has 1 unspecified atom stereocenters. The van der Waals surface area contributed by atoms with E-state index in [1.165, 1.54) is 0 Å². The van der Waals surface area contributed by atoms with Crippen molar-refractivity contribution in [1.29, 1.82) is 0 Å². The predicted molar refractivity (Wildman–Crippen MR) is 153 cm³/mol. The highest BCUT2D eigenvalue weighted by Crippen LogP contribution is 2.40. The highest BCUT2D eigenvalue weighted by Gasteiger charge is 2.27. The highest BCUT2D eigenvalue weighted by molar-refractivity contribution is 8.16. The van der Waals surface area contributed by atoms with Crippen molar-refractivity contribution in [2.24, 2.45) is 0 Å². The van der Waals surface area contributed by atoms with Gasteiger partial charge >= 0.3 is 0 Å². The largest absolute Gasteiger partial charge is 0.494 e. The molecule has 39 heavy (non-hydrogen) atoms. The third-order valence-corrected chi connectivity index (χ3v) is 8.10. The maximum absolute atomic E-state index is 5.91. The molecule has 3 heterocycles. The van der Waals surface area contributed by atoms with Crippen molar-refractivity contribution in [3.05, 3.63) is 60.2 Å². The van der Waals surface area contributed by atoms with Crippen molar-refractivity contribution in [3.8, 4) is 34.6 Å². The van der Waals surface area contributed by atoms with Crippen molar-refractivity contribution in [2.75, 3.05) is 33.2 Å². The Morgan fingerprint density at radius 1 is 0.923 bits per heavy atom. The first-order chi connectivity index (χ1) is 18.9. The summed E-state index contributed by atoms with van der Waals surface area (Å²) in [5.41, 5.74) is 2.10. The van der Waals surface area contributed by atoms with Crippen molar-refractivity contribution in [1.82, 2.24) is 29.7 Å². The molecule has 0 radical (unpaired) electrons. The van der Waals surface area contributed by atoms with Crippen LogP contribution in [0.3, 0.4) is 0 Å². The molecular formula is C27H33N7O4S. The van der Waals surface area contributed by atoms with E-state index in [0.29, 0.717) is 46.4 Å². The Labute approximate surface area is 230 Å². The van der Waals surface area contributed by atoms with Gasteiger partial charge in [-0.3, -0.25) is 4.57 Å². The second-order valence-electron chi connectivity index (χ2n) is 8.39. The first kappa shape index (κ1) is 28.0. The van der Waals surface area contributed by atoms with E-state index >= 15 is 0 Å². The van der Waals surface area contributed by atoms with Crippen LogP contribution in [0.4, 0.5) is 5.95 Å². The van der Waals surface area contributed by atoms with Gasteiger partial charge in [0.15, 0.2) is 5.82 Å². The quantitative estimate of drug-likeness (QED) is 0.264. The summed E-state index contributed by atoms with van der Waals surface area (Å²) in [7, 11) is 5.96. The van der Waals surface area contributed by atoms with Crippen molar-refractivity contribution >= 4 is 22.0 Å². The van der Waals surface area contributed by atoms with Crippen LogP contribution in [0.25, 0.3) is 17.2 Å². The van der Waals surface area contributed by atoms with E-state index in [0.717, 1.165) is 5.56 Å². The number of nitrogens with one attached hydrogen (secondary N) is 1. The molecular weight excluding hydrogens is 518 g/mol. The number of rotatable bonds is 11. The van der Waals surface area contributed by atoms with Gasteiger partial charge in [-0.1, -0.05) is 22.8 Å². The molecule has 1 N–H and O–H groups in total. The molecule has 12 heteroatoms. The standard InChI is InChI=1S/C27H33N7O4S/c1-8-39(17(2)25(38-7)19-15-28-18(3)29-16-19)33-27-32-31-26(20-11-9-14-23(30-20)37-6)34(27)24-21(35-4)12-10-13-22(24)36-5/h8-17,25H,1-7H3,(H,32,33)/t17-,25-,39?/m1/s1. The van der Waals surface area contributed by atoms with E-state index in [2.05, 4.69) is 42.2 Å². The van der Waals surface area contributed by atoms with Crippen LogP contribution in [-0.4, -0.2) is 68.8 Å². The molecule has 1 aromatic carbocycles. The highest BCUT2D eigenvalue weighted by atomic mass is 32.2. The molecule has 0 saturated heterocycles. The van der Waals surface area contributed by atoms with E-state index in [1.807, 2.05) is 48.7 Å². The van der Waals surface area contributed by atoms with Crippen LogP contribution in [0.5, 0.6) is 17.4 Å². The van der Waals surface area contributed by atoms with Gasteiger partial charge in [0.2, 0.25) is 11.8 Å². The molecule has 0 saturated carbocycles. The van der Waals surface area contributed by atoms with Gasteiger partial charge < -0.3 is 23.7 Å². The molecule has 0 aliphatic heterocycles. The molecule has 0 amide bonds. The fourth-order valence-electron chi connectivity index (χ4n) is 4.19. The third-order valence-electron chi connectivity index (χ3n) is 6.12. The normalized spacial score (nSPS) is 13.5. The summed E-state index contributed by atoms with van der Waals surface area (Å²) in [5.74, 6) is 3.31. The SMILES string of the molecule is C/C=S(\Nc1nnc(-c2cccc(OC)n2)n1-c1c(OC)cccc1OC)[C@H](C)[C@@H](OC)c1cnc(C)nc1. The minimum Gasteiger partial charge on any atom is -0.494 e. The van der Waals surface area contributed by atoms with Gasteiger partial charge in [-0.05, 0) is 44.3 Å². The van der Waals surface area contributed by atoms with Gasteiger partial charge in [-0.2, -0.15) is 0 Å². The molecule has 0 bridgehead atoms. The van der Waals surface area contributed by atoms with Crippen molar-refractivity contribution in [3.63, 3.8) is 0 Å². The minimum atomic E-state index is -0.519. The van der Waals surface area contributed by atoms with Gasteiger partial charge in [-0.15, -0.1) is 10.2 Å². The van der Waals surface area contributed by atoms with E-state index < -0.39 is 10.7 Å². The monoisotopic (exact) mass is 551 g/mol. The smallest absolute Gasteiger partial charge is 0.239 e. The third kappa shape index (κ3) is 5.86. The van der Waals surface area contributed by atoms with Crippen molar-refractivity contribution in [2.45, 2.75) is 32.1 Å². The Bertz CT molecular complexity index is 1420. The maximum Gasteiger partial charge on any atom is 0.239 e. The topological polar surface area (TPSA) is 118 Å². The summed E-state index contributed by atoms with van der Waals surface area (Å²) in [5, 5.41) is 11.2. The zero-order valence-corrected chi connectivity index (χ0v) is 23.9. The first-order valence-electron chi connectivity index (χ1n) is 12.2. The maximum atomic E-state index is 5.91.